The number of aromatic nitrogens is 7. The molecule has 5 aromatic rings. The topological polar surface area (TPSA) is 130 Å². The first-order chi connectivity index (χ1) is 14.2. The Morgan fingerprint density at radius 2 is 1.93 bits per heavy atom. The van der Waals surface area contributed by atoms with Crippen LogP contribution in [0, 0.1) is 6.92 Å². The Morgan fingerprint density at radius 3 is 2.76 bits per heavy atom. The fourth-order valence-electron chi connectivity index (χ4n) is 2.86. The van der Waals surface area contributed by atoms with Crippen LogP contribution in [0.5, 0.6) is 5.75 Å². The monoisotopic (exact) mass is 388 g/mol. The van der Waals surface area contributed by atoms with Gasteiger partial charge in [-0.25, -0.2) is 0 Å². The zero-order valence-corrected chi connectivity index (χ0v) is 15.4. The predicted octanol–water partition coefficient (Wildman–Crippen LogP) is 3.36. The molecule has 0 unspecified atom stereocenters. The van der Waals surface area contributed by atoms with Crippen LogP contribution in [0.2, 0.25) is 0 Å². The van der Waals surface area contributed by atoms with Gasteiger partial charge in [0.25, 0.3) is 5.89 Å². The molecule has 3 heterocycles. The van der Waals surface area contributed by atoms with Crippen molar-refractivity contribution in [2.45, 2.75) is 13.5 Å². The second-order valence-electron chi connectivity index (χ2n) is 6.35. The van der Waals surface area contributed by atoms with Gasteiger partial charge in [-0.3, -0.25) is 5.10 Å². The molecule has 0 spiro atoms. The zero-order chi connectivity index (χ0) is 19.6. The summed E-state index contributed by atoms with van der Waals surface area (Å²) in [4.78, 5) is 3.17. The minimum atomic E-state index is 0.220. The summed E-state index contributed by atoms with van der Waals surface area (Å²) in [6.45, 7) is 1.96. The Morgan fingerprint density at radius 1 is 1.03 bits per heavy atom. The van der Waals surface area contributed by atoms with E-state index in [4.69, 9.17) is 9.15 Å². The van der Waals surface area contributed by atoms with Crippen LogP contribution in [0.15, 0.2) is 53.1 Å². The Balaban J connectivity index is 1.25. The van der Waals surface area contributed by atoms with Crippen molar-refractivity contribution in [2.24, 2.45) is 0 Å². The molecule has 10 heteroatoms. The van der Waals surface area contributed by atoms with Gasteiger partial charge in [0.05, 0.1) is 11.7 Å². The molecule has 5 rings (SSSR count). The van der Waals surface area contributed by atoms with Crippen LogP contribution in [-0.4, -0.2) is 35.6 Å². The first-order valence-corrected chi connectivity index (χ1v) is 8.88. The molecular weight excluding hydrogens is 372 g/mol. The van der Waals surface area contributed by atoms with Gasteiger partial charge >= 0.3 is 0 Å². The molecule has 0 saturated carbocycles. The lowest BCUT2D eigenvalue weighted by Gasteiger charge is -2.04. The number of hydrogen-bond acceptors (Lipinski definition) is 8. The highest BCUT2D eigenvalue weighted by atomic mass is 16.5. The second kappa shape index (κ2) is 7.08. The van der Waals surface area contributed by atoms with Crippen molar-refractivity contribution in [3.05, 3.63) is 60.4 Å². The summed E-state index contributed by atoms with van der Waals surface area (Å²) in [7, 11) is 0. The zero-order valence-electron chi connectivity index (χ0n) is 15.4. The maximum atomic E-state index is 5.65. The molecule has 0 bridgehead atoms. The molecule has 0 saturated heterocycles. The fourth-order valence-corrected chi connectivity index (χ4v) is 2.86. The molecule has 0 aliphatic carbocycles. The molecule has 10 nitrogen and oxygen atoms in total. The number of hydrogen-bond donors (Lipinski definition) is 3. The van der Waals surface area contributed by atoms with Gasteiger partial charge in [0.15, 0.2) is 12.4 Å². The molecule has 0 aliphatic rings. The van der Waals surface area contributed by atoms with Gasteiger partial charge in [-0.05, 0) is 42.5 Å². The third-order valence-corrected chi connectivity index (χ3v) is 4.25. The SMILES string of the molecule is Cc1nnc(COc2ccc(-c3nnc(Nc4ccc5[nH]ncc5c4)[nH]3)cc2)o1. The molecule has 2 aromatic carbocycles. The van der Waals surface area contributed by atoms with E-state index in [1.165, 1.54) is 0 Å². The minimum absolute atomic E-state index is 0.220. The molecular formula is C19H16N8O2. The smallest absolute Gasteiger partial charge is 0.253 e. The van der Waals surface area contributed by atoms with E-state index in [0.717, 1.165) is 22.2 Å². The van der Waals surface area contributed by atoms with E-state index in [0.29, 0.717) is 29.3 Å². The molecule has 0 amide bonds. The normalized spacial score (nSPS) is 11.1. The van der Waals surface area contributed by atoms with Crippen LogP contribution in [0.4, 0.5) is 11.6 Å². The summed E-state index contributed by atoms with van der Waals surface area (Å²) in [6.07, 6.45) is 1.77. The Labute approximate surface area is 164 Å². The Bertz CT molecular complexity index is 1250. The predicted molar refractivity (Wildman–Crippen MR) is 105 cm³/mol. The first-order valence-electron chi connectivity index (χ1n) is 8.88. The maximum Gasteiger partial charge on any atom is 0.253 e. The number of anilines is 2. The first kappa shape index (κ1) is 16.9. The third-order valence-electron chi connectivity index (χ3n) is 4.25. The molecule has 29 heavy (non-hydrogen) atoms. The average Bonchev–Trinajstić information content (AvgIpc) is 3.48. The van der Waals surface area contributed by atoms with Crippen molar-refractivity contribution < 1.29 is 9.15 Å². The largest absolute Gasteiger partial charge is 0.484 e. The van der Waals surface area contributed by atoms with E-state index >= 15 is 0 Å². The van der Waals surface area contributed by atoms with Gasteiger partial charge in [0.1, 0.15) is 5.75 Å². The summed E-state index contributed by atoms with van der Waals surface area (Å²) >= 11 is 0. The van der Waals surface area contributed by atoms with E-state index in [1.54, 1.807) is 13.1 Å². The number of benzene rings is 2. The summed E-state index contributed by atoms with van der Waals surface area (Å²) in [5.74, 6) is 2.84. The molecule has 0 atom stereocenters. The number of nitrogens with zero attached hydrogens (tertiary/aromatic N) is 5. The molecule has 144 valence electrons. The number of rotatable bonds is 6. The Kier molecular flexibility index (Phi) is 4.13. The Hall–Kier alpha value is -4.21. The highest BCUT2D eigenvalue weighted by Gasteiger charge is 2.08. The van der Waals surface area contributed by atoms with Crippen LogP contribution in [-0.2, 0) is 6.61 Å². The van der Waals surface area contributed by atoms with Gasteiger partial charge in [-0.2, -0.15) is 5.10 Å². The average molecular weight is 388 g/mol. The third kappa shape index (κ3) is 3.63. The lowest BCUT2D eigenvalue weighted by molar-refractivity contribution is 0.260. The number of fused-ring (bicyclic) bond motifs is 1. The fraction of sp³-hybridized carbons (Fsp3) is 0.105. The summed E-state index contributed by atoms with van der Waals surface area (Å²) in [6, 6.07) is 13.4. The van der Waals surface area contributed by atoms with Crippen molar-refractivity contribution in [3.8, 4) is 17.1 Å². The van der Waals surface area contributed by atoms with Gasteiger partial charge in [-0.1, -0.05) is 0 Å². The van der Waals surface area contributed by atoms with Crippen molar-refractivity contribution >= 4 is 22.5 Å². The summed E-state index contributed by atoms with van der Waals surface area (Å²) in [5.41, 5.74) is 2.75. The van der Waals surface area contributed by atoms with Crippen molar-refractivity contribution in [1.82, 2.24) is 35.6 Å². The molecule has 3 aromatic heterocycles. The molecule has 0 aliphatic heterocycles. The van der Waals surface area contributed by atoms with E-state index < -0.39 is 0 Å². The highest BCUT2D eigenvalue weighted by molar-refractivity contribution is 5.82. The standard InChI is InChI=1S/C19H16N8O2/c1-11-23-25-17(29-11)10-28-15-5-2-12(3-6-15)18-22-19(27-26-18)21-14-4-7-16-13(8-14)9-20-24-16/h2-9H,10H2,1H3,(H,20,24)(H2,21,22,26,27). The summed E-state index contributed by atoms with van der Waals surface area (Å²) < 4.78 is 10.9. The van der Waals surface area contributed by atoms with Crippen LogP contribution in [0.25, 0.3) is 22.3 Å². The van der Waals surface area contributed by atoms with Crippen LogP contribution >= 0.6 is 0 Å². The molecule has 0 radical (unpaired) electrons. The lowest BCUT2D eigenvalue weighted by atomic mass is 10.2. The molecule has 0 fully saturated rings. The van der Waals surface area contributed by atoms with E-state index in [-0.39, 0.29) is 6.61 Å². The quantitative estimate of drug-likeness (QED) is 0.404. The lowest BCUT2D eigenvalue weighted by Crippen LogP contribution is -1.95. The van der Waals surface area contributed by atoms with Crippen molar-refractivity contribution in [2.75, 3.05) is 5.32 Å². The number of nitrogens with one attached hydrogen (secondary N) is 3. The van der Waals surface area contributed by atoms with Crippen LogP contribution in [0.1, 0.15) is 11.8 Å². The highest BCUT2D eigenvalue weighted by Crippen LogP contribution is 2.23. The van der Waals surface area contributed by atoms with Crippen molar-refractivity contribution in [3.63, 3.8) is 0 Å². The van der Waals surface area contributed by atoms with Crippen LogP contribution in [0.3, 0.4) is 0 Å². The van der Waals surface area contributed by atoms with Gasteiger partial charge in [0, 0.05) is 23.6 Å². The number of aryl methyl sites for hydroxylation is 1. The van der Waals surface area contributed by atoms with E-state index in [9.17, 15) is 0 Å². The maximum absolute atomic E-state index is 5.65. The number of aromatic amines is 2. The van der Waals surface area contributed by atoms with Gasteiger partial charge in [0.2, 0.25) is 11.8 Å². The van der Waals surface area contributed by atoms with E-state index in [1.807, 2.05) is 42.5 Å². The van der Waals surface area contributed by atoms with Gasteiger partial charge in [-0.15, -0.1) is 20.4 Å². The molecule has 3 N–H and O–H groups in total. The van der Waals surface area contributed by atoms with Gasteiger partial charge < -0.3 is 19.5 Å². The minimum Gasteiger partial charge on any atom is -0.484 e. The summed E-state index contributed by atoms with van der Waals surface area (Å²) in [5, 5.41) is 27.2. The second-order valence-corrected chi connectivity index (χ2v) is 6.35. The number of ether oxygens (including phenoxy) is 1. The van der Waals surface area contributed by atoms with Crippen LogP contribution < -0.4 is 10.1 Å². The van der Waals surface area contributed by atoms with E-state index in [2.05, 4.69) is 40.9 Å². The van der Waals surface area contributed by atoms with Crippen molar-refractivity contribution in [1.29, 1.82) is 0 Å². The number of H-pyrrole nitrogens is 2.